The van der Waals surface area contributed by atoms with Crippen LogP contribution in [0.1, 0.15) is 36.6 Å². The highest BCUT2D eigenvalue weighted by Gasteiger charge is 2.19. The Balaban J connectivity index is 1.41. The number of hydrogen-bond donors (Lipinski definition) is 2. The molecule has 0 unspecified atom stereocenters. The van der Waals surface area contributed by atoms with Gasteiger partial charge in [-0.25, -0.2) is 9.97 Å². The molecule has 0 fully saturated rings. The Hall–Kier alpha value is -7.72. The van der Waals surface area contributed by atoms with Gasteiger partial charge in [-0.1, -0.05) is 24.3 Å². The molecular weight excluding hydrogens is 701 g/mol. The number of ether oxygens (including phenoxy) is 2. The normalized spacial score (nSPS) is 11.8. The van der Waals surface area contributed by atoms with Gasteiger partial charge in [-0.3, -0.25) is 19.6 Å². The summed E-state index contributed by atoms with van der Waals surface area (Å²) in [5, 5.41) is 0. The molecule has 0 atom stereocenters. The van der Waals surface area contributed by atoms with Crippen molar-refractivity contribution < 1.29 is 19.1 Å². The molecule has 2 aliphatic heterocycles. The maximum absolute atomic E-state index is 11.7. The van der Waals surface area contributed by atoms with E-state index in [-0.39, 0.29) is 11.9 Å². The summed E-state index contributed by atoms with van der Waals surface area (Å²) >= 11 is 0. The predicted octanol–water partition coefficient (Wildman–Crippen LogP) is 9.96. The van der Waals surface area contributed by atoms with Crippen molar-refractivity contribution in [3.63, 3.8) is 0 Å². The number of aromatic nitrogens is 6. The van der Waals surface area contributed by atoms with Gasteiger partial charge < -0.3 is 19.4 Å². The monoisotopic (exact) mass is 732 g/mol. The molecule has 0 radical (unpaired) electrons. The highest BCUT2D eigenvalue weighted by atomic mass is 16.5. The maximum Gasteiger partial charge on any atom is 0.308 e. The third-order valence-electron chi connectivity index (χ3n) is 9.50. The highest BCUT2D eigenvalue weighted by molar-refractivity contribution is 5.99. The molecule has 0 spiro atoms. The molecule has 10 heteroatoms. The van der Waals surface area contributed by atoms with E-state index in [1.54, 1.807) is 49.1 Å². The molecule has 2 aliphatic rings. The fourth-order valence-corrected chi connectivity index (χ4v) is 7.17. The van der Waals surface area contributed by atoms with E-state index in [9.17, 15) is 9.59 Å². The topological polar surface area (TPSA) is 136 Å². The zero-order chi connectivity index (χ0) is 38.2. The van der Waals surface area contributed by atoms with Crippen molar-refractivity contribution in [2.24, 2.45) is 0 Å². The van der Waals surface area contributed by atoms with E-state index in [0.717, 1.165) is 89.4 Å². The summed E-state index contributed by atoms with van der Waals surface area (Å²) in [6.07, 6.45) is 15.2. The van der Waals surface area contributed by atoms with Gasteiger partial charge in [0.1, 0.15) is 11.5 Å². The number of hydrogen-bond acceptors (Lipinski definition) is 8. The molecule has 8 bridgehead atoms. The van der Waals surface area contributed by atoms with Gasteiger partial charge in [0, 0.05) is 83.0 Å². The number of H-pyrrole nitrogens is 2. The fourth-order valence-electron chi connectivity index (χ4n) is 7.17. The molecule has 0 saturated heterocycles. The van der Waals surface area contributed by atoms with E-state index in [1.807, 2.05) is 72.8 Å². The molecule has 0 amide bonds. The van der Waals surface area contributed by atoms with Gasteiger partial charge in [-0.05, 0) is 119 Å². The Morgan fingerprint density at radius 3 is 0.982 bits per heavy atom. The number of pyridine rings is 2. The molecule has 270 valence electrons. The first-order valence-corrected chi connectivity index (χ1v) is 17.9. The lowest BCUT2D eigenvalue weighted by atomic mass is 10.0. The average molecular weight is 733 g/mol. The summed E-state index contributed by atoms with van der Waals surface area (Å²) in [5.41, 5.74) is 13.5. The van der Waals surface area contributed by atoms with Gasteiger partial charge in [0.05, 0.1) is 22.8 Å². The molecule has 9 rings (SSSR count). The third kappa shape index (κ3) is 6.56. The summed E-state index contributed by atoms with van der Waals surface area (Å²) in [5.74, 6) is 0.140. The van der Waals surface area contributed by atoms with E-state index in [4.69, 9.17) is 19.4 Å². The number of aromatic amines is 2. The number of fused-ring (bicyclic) bond motifs is 8. The molecule has 7 heterocycles. The van der Waals surface area contributed by atoms with E-state index in [0.29, 0.717) is 11.5 Å². The number of benzene rings is 2. The largest absolute Gasteiger partial charge is 0.427 e. The predicted molar refractivity (Wildman–Crippen MR) is 219 cm³/mol. The van der Waals surface area contributed by atoms with Crippen LogP contribution < -0.4 is 9.47 Å². The first kappa shape index (κ1) is 34.1. The van der Waals surface area contributed by atoms with Gasteiger partial charge in [-0.2, -0.15) is 0 Å². The lowest BCUT2D eigenvalue weighted by molar-refractivity contribution is -0.132. The highest BCUT2D eigenvalue weighted by Crippen LogP contribution is 2.38. The zero-order valence-corrected chi connectivity index (χ0v) is 30.3. The van der Waals surface area contributed by atoms with Gasteiger partial charge >= 0.3 is 11.9 Å². The maximum atomic E-state index is 11.7. The summed E-state index contributed by atoms with van der Waals surface area (Å²) in [6.45, 7) is 2.77. The van der Waals surface area contributed by atoms with E-state index in [1.165, 1.54) is 13.8 Å². The van der Waals surface area contributed by atoms with Gasteiger partial charge in [0.15, 0.2) is 0 Å². The van der Waals surface area contributed by atoms with E-state index < -0.39 is 0 Å². The van der Waals surface area contributed by atoms with Crippen molar-refractivity contribution in [2.45, 2.75) is 13.8 Å². The number of carbonyl (C=O) groups is 2. The van der Waals surface area contributed by atoms with Crippen LogP contribution in [0.3, 0.4) is 0 Å². The quantitative estimate of drug-likeness (QED) is 0.127. The van der Waals surface area contributed by atoms with Gasteiger partial charge in [-0.15, -0.1) is 0 Å². The first-order valence-electron chi connectivity index (χ1n) is 17.9. The lowest BCUT2D eigenvalue weighted by Gasteiger charge is -2.08. The minimum absolute atomic E-state index is 0.386. The SMILES string of the molecule is CC(=O)Oc1ccc(-c2c3nc(c(-c4ccncc4)c4ccc([nH]4)c(-c4ccc(OC(C)=O)cc4)c4nc(c(-c5ccncc5)c5ccc2[nH]5)C=C4)C=C3)cc1. The van der Waals surface area contributed by atoms with Crippen molar-refractivity contribution in [1.82, 2.24) is 29.9 Å². The Kier molecular flexibility index (Phi) is 8.67. The van der Waals surface area contributed by atoms with Crippen LogP contribution in [-0.2, 0) is 9.59 Å². The smallest absolute Gasteiger partial charge is 0.308 e. The molecular formula is C46H32N6O4. The summed E-state index contributed by atoms with van der Waals surface area (Å²) in [7, 11) is 0. The summed E-state index contributed by atoms with van der Waals surface area (Å²) < 4.78 is 10.7. The number of nitrogens with one attached hydrogen (secondary N) is 2. The van der Waals surface area contributed by atoms with Crippen LogP contribution >= 0.6 is 0 Å². The Morgan fingerprint density at radius 2 is 0.696 bits per heavy atom. The molecule has 7 aromatic rings. The van der Waals surface area contributed by atoms with Crippen LogP contribution in [0, 0.1) is 0 Å². The van der Waals surface area contributed by atoms with Crippen LogP contribution in [0.2, 0.25) is 0 Å². The zero-order valence-electron chi connectivity index (χ0n) is 30.3. The van der Waals surface area contributed by atoms with E-state index in [2.05, 4.69) is 44.2 Å². The second kappa shape index (κ2) is 14.3. The number of carbonyl (C=O) groups excluding carboxylic acids is 2. The molecule has 0 aliphatic carbocycles. The van der Waals surface area contributed by atoms with Gasteiger partial charge in [0.25, 0.3) is 0 Å². The fraction of sp³-hybridized carbons (Fsp3) is 0.0435. The Labute approximate surface area is 320 Å². The second-order valence-corrected chi connectivity index (χ2v) is 13.2. The van der Waals surface area contributed by atoms with Crippen LogP contribution in [0.5, 0.6) is 11.5 Å². The van der Waals surface area contributed by atoms with Crippen LogP contribution in [0.25, 0.3) is 90.9 Å². The minimum Gasteiger partial charge on any atom is -0.427 e. The first-order chi connectivity index (χ1) is 27.4. The van der Waals surface area contributed by atoms with Crippen molar-refractivity contribution in [3.05, 3.63) is 145 Å². The van der Waals surface area contributed by atoms with Crippen LogP contribution in [0.4, 0.5) is 0 Å². The summed E-state index contributed by atoms with van der Waals surface area (Å²) in [6, 6.07) is 31.0. The standard InChI is InChI=1S/C46H32N6O4/c1-27(53)55-33-7-3-29(4-8-33)43-35-11-15-39(49-35)45(31-19-23-47-24-20-31)41-17-13-37(51-41)44(30-5-9-34(10-6-30)56-28(2)54)38-14-18-42(52-38)46(32-21-25-48-26-22-32)40-16-12-36(43)50-40/h3-26,49,52H,1-2H3. The minimum atomic E-state index is -0.386. The lowest BCUT2D eigenvalue weighted by Crippen LogP contribution is -2.00. The third-order valence-corrected chi connectivity index (χ3v) is 9.50. The Morgan fingerprint density at radius 1 is 0.411 bits per heavy atom. The molecule has 0 saturated carbocycles. The molecule has 5 aromatic heterocycles. The molecule has 10 nitrogen and oxygen atoms in total. The molecule has 2 N–H and O–H groups in total. The van der Waals surface area contributed by atoms with Crippen molar-refractivity contribution >= 4 is 58.3 Å². The van der Waals surface area contributed by atoms with Crippen LogP contribution in [0.15, 0.2) is 122 Å². The van der Waals surface area contributed by atoms with Crippen molar-refractivity contribution in [2.75, 3.05) is 0 Å². The second-order valence-electron chi connectivity index (χ2n) is 13.2. The number of esters is 2. The van der Waals surface area contributed by atoms with Gasteiger partial charge in [0.2, 0.25) is 0 Å². The average Bonchev–Trinajstić information content (AvgIpc) is 4.05. The molecule has 56 heavy (non-hydrogen) atoms. The Bertz CT molecular complexity index is 2690. The van der Waals surface area contributed by atoms with Crippen molar-refractivity contribution in [3.8, 4) is 56.0 Å². The molecule has 2 aromatic carbocycles. The number of rotatable bonds is 6. The van der Waals surface area contributed by atoms with Crippen molar-refractivity contribution in [1.29, 1.82) is 0 Å². The summed E-state index contributed by atoms with van der Waals surface area (Å²) in [4.78, 5) is 50.0. The number of nitrogens with zero attached hydrogens (tertiary/aromatic N) is 4. The van der Waals surface area contributed by atoms with E-state index >= 15 is 0 Å². The van der Waals surface area contributed by atoms with Crippen LogP contribution in [-0.4, -0.2) is 41.8 Å².